The number of benzene rings is 3. The number of nitrogens with one attached hydrogen (secondary N) is 2. The Morgan fingerprint density at radius 3 is 2.39 bits per heavy atom. The van der Waals surface area contributed by atoms with E-state index in [4.69, 9.17) is 0 Å². The Balaban J connectivity index is 1.34. The molecule has 8 nitrogen and oxygen atoms in total. The molecule has 0 fully saturated rings. The van der Waals surface area contributed by atoms with E-state index >= 15 is 0 Å². The second-order valence-corrected chi connectivity index (χ2v) is 11.4. The summed E-state index contributed by atoms with van der Waals surface area (Å²) in [6.07, 6.45) is 3.07. The molecule has 1 atom stereocenters. The van der Waals surface area contributed by atoms with Crippen LogP contribution in [0.2, 0.25) is 0 Å². The number of imidazole rings is 1. The van der Waals surface area contributed by atoms with Gasteiger partial charge >= 0.3 is 5.69 Å². The smallest absolute Gasteiger partial charge is 0.332 e. The van der Waals surface area contributed by atoms with E-state index in [2.05, 4.69) is 10.0 Å². The minimum atomic E-state index is -3.74. The molecule has 1 aromatic heterocycles. The molecule has 0 aliphatic rings. The lowest BCUT2D eigenvalue weighted by Crippen LogP contribution is -2.43. The number of rotatable bonds is 11. The monoisotopic (exact) mass is 538 g/mol. The standard InChI is InChI=1S/C28H31FN4O4S/c1-28(2,15-16-32-17-18-33(27(32)35)24-13-11-22(29)12-14-24)30-20-26(34)21-7-6-8-23(19-21)31-38(36,37)25-9-4-3-5-10-25/h3-14,17-19,26,30-31,34H,15-16,20H2,1-2H3. The van der Waals surface area contributed by atoms with Crippen molar-refractivity contribution in [3.05, 3.63) is 113 Å². The van der Waals surface area contributed by atoms with Gasteiger partial charge < -0.3 is 10.4 Å². The molecular weight excluding hydrogens is 507 g/mol. The Morgan fingerprint density at radius 2 is 1.68 bits per heavy atom. The molecule has 3 aromatic carbocycles. The van der Waals surface area contributed by atoms with Gasteiger partial charge in [0.25, 0.3) is 10.0 Å². The zero-order valence-corrected chi connectivity index (χ0v) is 22.0. The van der Waals surface area contributed by atoms with E-state index in [0.717, 1.165) is 0 Å². The first-order chi connectivity index (χ1) is 18.0. The summed E-state index contributed by atoms with van der Waals surface area (Å²) < 4.78 is 44.0. The van der Waals surface area contributed by atoms with Crippen molar-refractivity contribution in [1.82, 2.24) is 14.5 Å². The number of nitrogens with zero attached hydrogens (tertiary/aromatic N) is 2. The number of aromatic nitrogens is 2. The topological polar surface area (TPSA) is 105 Å². The SMILES string of the molecule is CC(C)(CCn1ccn(-c2ccc(F)cc2)c1=O)NCC(O)c1cccc(NS(=O)(=O)c2ccccc2)c1. The second-order valence-electron chi connectivity index (χ2n) is 9.70. The van der Waals surface area contributed by atoms with Gasteiger partial charge in [-0.3, -0.25) is 13.9 Å². The lowest BCUT2D eigenvalue weighted by Gasteiger charge is -2.28. The quantitative estimate of drug-likeness (QED) is 0.267. The van der Waals surface area contributed by atoms with Gasteiger partial charge in [-0.25, -0.2) is 17.6 Å². The molecule has 1 unspecified atom stereocenters. The van der Waals surface area contributed by atoms with Gasteiger partial charge in [0.2, 0.25) is 0 Å². The molecule has 4 rings (SSSR count). The molecule has 4 aromatic rings. The molecule has 10 heteroatoms. The molecule has 1 heterocycles. The first-order valence-electron chi connectivity index (χ1n) is 12.2. The highest BCUT2D eigenvalue weighted by molar-refractivity contribution is 7.92. The van der Waals surface area contributed by atoms with Crippen LogP contribution in [-0.2, 0) is 16.6 Å². The summed E-state index contributed by atoms with van der Waals surface area (Å²) in [7, 11) is -3.74. The molecule has 0 bridgehead atoms. The van der Waals surface area contributed by atoms with Crippen LogP contribution in [0.3, 0.4) is 0 Å². The maximum absolute atomic E-state index is 13.2. The van der Waals surface area contributed by atoms with Gasteiger partial charge in [0.15, 0.2) is 0 Å². The van der Waals surface area contributed by atoms with Gasteiger partial charge in [-0.1, -0.05) is 30.3 Å². The van der Waals surface area contributed by atoms with Crippen molar-refractivity contribution in [2.75, 3.05) is 11.3 Å². The second kappa shape index (κ2) is 11.3. The predicted octanol–water partition coefficient (Wildman–Crippen LogP) is 4.07. The van der Waals surface area contributed by atoms with Crippen molar-refractivity contribution in [3.8, 4) is 5.69 Å². The van der Waals surface area contributed by atoms with E-state index in [-0.39, 0.29) is 22.9 Å². The molecule has 0 aliphatic carbocycles. The summed E-state index contributed by atoms with van der Waals surface area (Å²) >= 11 is 0. The number of hydrogen-bond acceptors (Lipinski definition) is 5. The predicted molar refractivity (Wildman–Crippen MR) is 145 cm³/mol. The van der Waals surface area contributed by atoms with Crippen LogP contribution < -0.4 is 15.7 Å². The van der Waals surface area contributed by atoms with Crippen molar-refractivity contribution >= 4 is 15.7 Å². The summed E-state index contributed by atoms with van der Waals surface area (Å²) in [4.78, 5) is 12.9. The van der Waals surface area contributed by atoms with E-state index in [1.54, 1.807) is 71.6 Å². The van der Waals surface area contributed by atoms with Crippen LogP contribution in [0.25, 0.3) is 5.69 Å². The molecular formula is C28H31FN4O4S. The number of aliphatic hydroxyl groups excluding tert-OH is 1. The number of anilines is 1. The molecule has 0 saturated heterocycles. The Kier molecular flexibility index (Phi) is 8.15. The highest BCUT2D eigenvalue weighted by Gasteiger charge is 2.21. The van der Waals surface area contributed by atoms with E-state index in [1.165, 1.54) is 28.8 Å². The van der Waals surface area contributed by atoms with Crippen molar-refractivity contribution in [3.63, 3.8) is 0 Å². The summed E-state index contributed by atoms with van der Waals surface area (Å²) in [5.41, 5.74) is 0.875. The van der Waals surface area contributed by atoms with Crippen molar-refractivity contribution in [1.29, 1.82) is 0 Å². The van der Waals surface area contributed by atoms with Crippen LogP contribution >= 0.6 is 0 Å². The normalized spacial score (nSPS) is 12.8. The lowest BCUT2D eigenvalue weighted by atomic mass is 9.99. The molecule has 200 valence electrons. The molecule has 3 N–H and O–H groups in total. The highest BCUT2D eigenvalue weighted by atomic mass is 32.2. The van der Waals surface area contributed by atoms with E-state index < -0.39 is 21.7 Å². The average Bonchev–Trinajstić information content (AvgIpc) is 3.27. The summed E-state index contributed by atoms with van der Waals surface area (Å²) in [6.45, 7) is 4.63. The third-order valence-corrected chi connectivity index (χ3v) is 7.68. The third-order valence-electron chi connectivity index (χ3n) is 6.28. The highest BCUT2D eigenvalue weighted by Crippen LogP contribution is 2.21. The van der Waals surface area contributed by atoms with Crippen LogP contribution in [-0.4, -0.2) is 34.7 Å². The Hall–Kier alpha value is -3.73. The number of aliphatic hydroxyl groups is 1. The van der Waals surface area contributed by atoms with Crippen LogP contribution in [0.15, 0.2) is 101 Å². The van der Waals surface area contributed by atoms with Crippen LogP contribution in [0.4, 0.5) is 10.1 Å². The fourth-order valence-corrected chi connectivity index (χ4v) is 5.05. The molecule has 0 amide bonds. The number of halogens is 1. The van der Waals surface area contributed by atoms with E-state index in [9.17, 15) is 22.7 Å². The zero-order valence-electron chi connectivity index (χ0n) is 21.2. The molecule has 0 saturated carbocycles. The minimum absolute atomic E-state index is 0.154. The Morgan fingerprint density at radius 1 is 0.974 bits per heavy atom. The molecule has 0 aliphatic heterocycles. The fraction of sp³-hybridized carbons (Fsp3) is 0.250. The zero-order chi connectivity index (χ0) is 27.3. The minimum Gasteiger partial charge on any atom is -0.387 e. The Bertz CT molecular complexity index is 1530. The molecule has 38 heavy (non-hydrogen) atoms. The number of aryl methyl sites for hydroxylation is 1. The number of β-amino-alcohol motifs (C(OH)–C–C–N with tert-alkyl or cyclic N) is 1. The van der Waals surface area contributed by atoms with Crippen LogP contribution in [0, 0.1) is 5.82 Å². The lowest BCUT2D eigenvalue weighted by molar-refractivity contribution is 0.158. The van der Waals surface area contributed by atoms with Crippen molar-refractivity contribution in [2.24, 2.45) is 0 Å². The maximum atomic E-state index is 13.2. The Labute approximate surface area is 221 Å². The van der Waals surface area contributed by atoms with Crippen molar-refractivity contribution < 1.29 is 17.9 Å². The summed E-state index contributed by atoms with van der Waals surface area (Å²) in [5, 5.41) is 14.1. The van der Waals surface area contributed by atoms with Crippen LogP contribution in [0.1, 0.15) is 31.9 Å². The summed E-state index contributed by atoms with van der Waals surface area (Å²) in [5.74, 6) is -0.364. The van der Waals surface area contributed by atoms with Gasteiger partial charge in [0.1, 0.15) is 5.82 Å². The van der Waals surface area contributed by atoms with Gasteiger partial charge in [-0.05, 0) is 74.4 Å². The number of hydrogen-bond donors (Lipinski definition) is 3. The van der Waals surface area contributed by atoms with Crippen LogP contribution in [0.5, 0.6) is 0 Å². The third kappa shape index (κ3) is 6.77. The maximum Gasteiger partial charge on any atom is 0.332 e. The van der Waals surface area contributed by atoms with Crippen molar-refractivity contribution in [2.45, 2.75) is 43.4 Å². The van der Waals surface area contributed by atoms with E-state index in [1.807, 2.05) is 13.8 Å². The van der Waals surface area contributed by atoms with Gasteiger partial charge in [-0.15, -0.1) is 0 Å². The first-order valence-corrected chi connectivity index (χ1v) is 13.7. The van der Waals surface area contributed by atoms with Gasteiger partial charge in [0, 0.05) is 36.7 Å². The van der Waals surface area contributed by atoms with E-state index in [0.29, 0.717) is 29.9 Å². The molecule has 0 radical (unpaired) electrons. The van der Waals surface area contributed by atoms with Gasteiger partial charge in [0.05, 0.1) is 16.7 Å². The largest absolute Gasteiger partial charge is 0.387 e. The summed E-state index contributed by atoms with van der Waals surface area (Å²) in [6, 6.07) is 20.5. The fourth-order valence-electron chi connectivity index (χ4n) is 3.98. The number of sulfonamides is 1. The molecule has 0 spiro atoms. The average molecular weight is 539 g/mol. The first kappa shape index (κ1) is 27.3. The van der Waals surface area contributed by atoms with Gasteiger partial charge in [-0.2, -0.15) is 0 Å².